The number of hydrogen-bond donors (Lipinski definition) is 1. The van der Waals surface area contributed by atoms with E-state index in [1.54, 1.807) is 20.3 Å². The van der Waals surface area contributed by atoms with E-state index >= 15 is 0 Å². The highest BCUT2D eigenvalue weighted by Gasteiger charge is 2.36. The number of nitrogens with one attached hydrogen (secondary N) is 1. The van der Waals surface area contributed by atoms with Crippen molar-refractivity contribution >= 4 is 34.7 Å². The molecule has 2 heterocycles. The van der Waals surface area contributed by atoms with E-state index in [9.17, 15) is 4.79 Å². The molecule has 0 unspecified atom stereocenters. The van der Waals surface area contributed by atoms with Crippen molar-refractivity contribution in [3.63, 3.8) is 0 Å². The molecule has 1 aliphatic heterocycles. The number of methoxy groups -OCH3 is 2. The van der Waals surface area contributed by atoms with Gasteiger partial charge in [-0.05, 0) is 66.8 Å². The maximum atomic E-state index is 13.9. The molecular weight excluding hydrogens is 537 g/mol. The molecule has 0 spiro atoms. The van der Waals surface area contributed by atoms with E-state index in [1.807, 2.05) is 53.4 Å². The second kappa shape index (κ2) is 12.3. The molecule has 7 nitrogen and oxygen atoms in total. The Balaban J connectivity index is 1.39. The number of carbonyl (C=O) groups is 1. The molecule has 1 fully saturated rings. The smallest absolute Gasteiger partial charge is 0.251 e. The third-order valence-electron chi connectivity index (χ3n) is 6.93. The lowest BCUT2D eigenvalue weighted by molar-refractivity contribution is -0.128. The Bertz CT molecular complexity index is 1370. The van der Waals surface area contributed by atoms with E-state index in [1.165, 1.54) is 0 Å². The van der Waals surface area contributed by atoms with Crippen molar-refractivity contribution in [2.45, 2.75) is 38.5 Å². The van der Waals surface area contributed by atoms with Crippen molar-refractivity contribution in [3.8, 4) is 17.4 Å². The Kier molecular flexibility index (Phi) is 8.60. The Labute approximate surface area is 238 Å². The van der Waals surface area contributed by atoms with Crippen LogP contribution in [-0.2, 0) is 17.9 Å². The lowest BCUT2D eigenvalue weighted by Crippen LogP contribution is -2.39. The molecule has 0 bridgehead atoms. The van der Waals surface area contributed by atoms with Crippen LogP contribution in [0.25, 0.3) is 5.57 Å². The average molecular weight is 569 g/mol. The number of halogens is 2. The fourth-order valence-corrected chi connectivity index (χ4v) is 5.10. The van der Waals surface area contributed by atoms with Gasteiger partial charge in [-0.15, -0.1) is 0 Å². The molecule has 9 heteroatoms. The third-order valence-corrected chi connectivity index (χ3v) is 7.79. The molecule has 2 aromatic carbocycles. The van der Waals surface area contributed by atoms with Gasteiger partial charge >= 0.3 is 0 Å². The Morgan fingerprint density at radius 1 is 1.05 bits per heavy atom. The van der Waals surface area contributed by atoms with Crippen LogP contribution in [0.4, 0.5) is 0 Å². The highest BCUT2D eigenvalue weighted by molar-refractivity contribution is 6.42. The maximum absolute atomic E-state index is 13.9. The van der Waals surface area contributed by atoms with Gasteiger partial charge in [-0.25, -0.2) is 4.98 Å². The zero-order valence-corrected chi connectivity index (χ0v) is 23.5. The summed E-state index contributed by atoms with van der Waals surface area (Å²) in [6, 6.07) is 17.0. The number of hydrogen-bond acceptors (Lipinski definition) is 6. The van der Waals surface area contributed by atoms with Gasteiger partial charge in [-0.2, -0.15) is 0 Å². The summed E-state index contributed by atoms with van der Waals surface area (Å²) in [4.78, 5) is 20.7. The van der Waals surface area contributed by atoms with Crippen molar-refractivity contribution in [2.75, 3.05) is 27.3 Å². The van der Waals surface area contributed by atoms with Gasteiger partial charge in [-0.1, -0.05) is 41.4 Å². The number of amides is 1. The fraction of sp³-hybridized carbons (Fsp3) is 0.333. The number of pyridine rings is 1. The van der Waals surface area contributed by atoms with Crippen LogP contribution in [0.1, 0.15) is 36.1 Å². The molecule has 0 atom stereocenters. The number of nitrogens with zero attached hydrogens (tertiary/aromatic N) is 2. The van der Waals surface area contributed by atoms with Gasteiger partial charge in [0.15, 0.2) is 0 Å². The SMILES string of the molecule is COc1cc(COc2cccc(C3=C(C(=O)N(Cc4cccc(Cl)c4Cl)C4CC4)CNCC3)n2)cc(OC)c1. The number of carbonyl (C=O) groups excluding carboxylic acids is 1. The van der Waals surface area contributed by atoms with Gasteiger partial charge < -0.3 is 24.4 Å². The predicted molar refractivity (Wildman–Crippen MR) is 153 cm³/mol. The predicted octanol–water partition coefficient (Wildman–Crippen LogP) is 5.92. The number of rotatable bonds is 10. The van der Waals surface area contributed by atoms with Crippen molar-refractivity contribution in [3.05, 3.63) is 87.0 Å². The van der Waals surface area contributed by atoms with E-state index < -0.39 is 0 Å². The Hall–Kier alpha value is -3.26. The van der Waals surface area contributed by atoms with Crippen molar-refractivity contribution in [1.82, 2.24) is 15.2 Å². The standard InChI is InChI=1S/C30H31Cl2N3O4/c1-37-22-13-19(14-23(15-22)38-2)18-39-28-8-4-7-27(34-28)24-11-12-33-16-25(24)30(36)35(21-9-10-21)17-20-5-3-6-26(31)29(20)32/h3-8,13-15,21,33H,9-12,16-18H2,1-2H3. The second-order valence-corrected chi connectivity index (χ2v) is 10.4. The summed E-state index contributed by atoms with van der Waals surface area (Å²) < 4.78 is 16.8. The van der Waals surface area contributed by atoms with Gasteiger partial charge in [0.05, 0.1) is 30.0 Å². The van der Waals surface area contributed by atoms with E-state index in [4.69, 9.17) is 42.4 Å². The van der Waals surface area contributed by atoms with E-state index in [2.05, 4.69) is 5.32 Å². The molecule has 1 aromatic heterocycles. The van der Waals surface area contributed by atoms with Crippen molar-refractivity contribution < 1.29 is 19.0 Å². The van der Waals surface area contributed by atoms with Crippen LogP contribution in [0.3, 0.4) is 0 Å². The second-order valence-electron chi connectivity index (χ2n) is 9.63. The van der Waals surface area contributed by atoms with Crippen molar-refractivity contribution in [1.29, 1.82) is 0 Å². The molecule has 39 heavy (non-hydrogen) atoms. The minimum atomic E-state index is 0.00680. The zero-order chi connectivity index (χ0) is 27.4. The largest absolute Gasteiger partial charge is 0.497 e. The summed E-state index contributed by atoms with van der Waals surface area (Å²) in [5, 5.41) is 4.35. The van der Waals surface area contributed by atoms with Crippen LogP contribution in [-0.4, -0.2) is 49.1 Å². The molecule has 5 rings (SSSR count). The highest BCUT2D eigenvalue weighted by Crippen LogP contribution is 2.35. The molecule has 0 radical (unpaired) electrons. The summed E-state index contributed by atoms with van der Waals surface area (Å²) in [6.07, 6.45) is 2.66. The van der Waals surface area contributed by atoms with Gasteiger partial charge in [0.2, 0.25) is 5.88 Å². The number of aromatic nitrogens is 1. The molecule has 2 aliphatic rings. The summed E-state index contributed by atoms with van der Waals surface area (Å²) in [7, 11) is 3.23. The highest BCUT2D eigenvalue weighted by atomic mass is 35.5. The van der Waals surface area contributed by atoms with Crippen LogP contribution in [0, 0.1) is 0 Å². The molecule has 1 saturated carbocycles. The number of benzene rings is 2. The van der Waals surface area contributed by atoms with Crippen LogP contribution < -0.4 is 19.5 Å². The van der Waals surface area contributed by atoms with Crippen LogP contribution in [0.2, 0.25) is 10.0 Å². The third kappa shape index (κ3) is 6.49. The summed E-state index contributed by atoms with van der Waals surface area (Å²) in [5.74, 6) is 1.87. The van der Waals surface area contributed by atoms with Crippen molar-refractivity contribution in [2.24, 2.45) is 0 Å². The first kappa shape index (κ1) is 27.3. The Morgan fingerprint density at radius 3 is 2.51 bits per heavy atom. The minimum absolute atomic E-state index is 0.00680. The fourth-order valence-electron chi connectivity index (χ4n) is 4.72. The average Bonchev–Trinajstić information content (AvgIpc) is 3.82. The van der Waals surface area contributed by atoms with Crippen LogP contribution in [0.5, 0.6) is 17.4 Å². The van der Waals surface area contributed by atoms with Gasteiger partial charge in [0.25, 0.3) is 5.91 Å². The molecule has 3 aromatic rings. The normalized spacial score (nSPS) is 15.2. The topological polar surface area (TPSA) is 72.9 Å². The molecule has 204 valence electrons. The number of ether oxygens (including phenoxy) is 3. The quantitative estimate of drug-likeness (QED) is 0.327. The lowest BCUT2D eigenvalue weighted by Gasteiger charge is -2.28. The van der Waals surface area contributed by atoms with Crippen LogP contribution in [0.15, 0.2) is 60.2 Å². The summed E-state index contributed by atoms with van der Waals surface area (Å²) >= 11 is 12.7. The van der Waals surface area contributed by atoms with Gasteiger partial charge in [0, 0.05) is 36.8 Å². The molecule has 0 saturated heterocycles. The summed E-state index contributed by atoms with van der Waals surface area (Å²) in [6.45, 7) is 1.97. The Morgan fingerprint density at radius 2 is 1.79 bits per heavy atom. The van der Waals surface area contributed by atoms with Gasteiger partial charge in [-0.3, -0.25) is 4.79 Å². The zero-order valence-electron chi connectivity index (χ0n) is 22.0. The molecule has 1 amide bonds. The monoisotopic (exact) mass is 567 g/mol. The van der Waals surface area contributed by atoms with E-state index in [-0.39, 0.29) is 11.9 Å². The maximum Gasteiger partial charge on any atom is 0.251 e. The first-order valence-electron chi connectivity index (χ1n) is 13.0. The van der Waals surface area contributed by atoms with E-state index in [0.717, 1.165) is 47.4 Å². The lowest BCUT2D eigenvalue weighted by atomic mass is 9.96. The van der Waals surface area contributed by atoms with Gasteiger partial charge in [0.1, 0.15) is 18.1 Å². The molecular formula is C30H31Cl2N3O4. The first-order chi connectivity index (χ1) is 19.0. The first-order valence-corrected chi connectivity index (χ1v) is 13.7. The van der Waals surface area contributed by atoms with Crippen LogP contribution >= 0.6 is 23.2 Å². The molecule has 1 N–H and O–H groups in total. The summed E-state index contributed by atoms with van der Waals surface area (Å²) in [5.41, 5.74) is 4.16. The molecule has 1 aliphatic carbocycles. The van der Waals surface area contributed by atoms with E-state index in [0.29, 0.717) is 53.5 Å². The minimum Gasteiger partial charge on any atom is -0.497 e.